The molecule has 1 saturated carbocycles. The molecule has 3 aromatic carbocycles. The third-order valence-electron chi connectivity index (χ3n) is 4.89. The molecule has 1 aliphatic carbocycles. The van der Waals surface area contributed by atoms with Crippen molar-refractivity contribution in [3.8, 4) is 0 Å². The van der Waals surface area contributed by atoms with Crippen LogP contribution >= 0.6 is 27.5 Å². The van der Waals surface area contributed by atoms with Crippen LogP contribution in [0.5, 0.6) is 0 Å². The minimum Gasteiger partial charge on any atom is -0.313 e. The van der Waals surface area contributed by atoms with Gasteiger partial charge in [0.05, 0.1) is 11.3 Å². The number of carbonyl (C=O) groups is 1. The van der Waals surface area contributed by atoms with Crippen molar-refractivity contribution in [2.75, 3.05) is 0 Å². The highest BCUT2D eigenvalue weighted by Gasteiger charge is 2.43. The van der Waals surface area contributed by atoms with Gasteiger partial charge >= 0.3 is 5.97 Å². The average molecular weight is 473 g/mol. The molecule has 146 valence electrons. The highest BCUT2D eigenvalue weighted by Crippen LogP contribution is 2.49. The van der Waals surface area contributed by atoms with Crippen LogP contribution in [0.4, 0.5) is 4.39 Å². The summed E-state index contributed by atoms with van der Waals surface area (Å²) in [6, 6.07) is 20.7. The normalized spacial score (nSPS) is 18.4. The number of nitrogens with zero attached hydrogens (tertiary/aromatic N) is 1. The summed E-state index contributed by atoms with van der Waals surface area (Å²) in [5, 5.41) is 4.91. The van der Waals surface area contributed by atoms with Gasteiger partial charge in [-0.1, -0.05) is 57.0 Å². The second kappa shape index (κ2) is 8.47. The molecule has 2 atom stereocenters. The van der Waals surface area contributed by atoms with Gasteiger partial charge in [0.25, 0.3) is 0 Å². The van der Waals surface area contributed by atoms with Gasteiger partial charge in [-0.05, 0) is 72.0 Å². The Morgan fingerprint density at radius 3 is 2.24 bits per heavy atom. The summed E-state index contributed by atoms with van der Waals surface area (Å²) in [4.78, 5) is 17.5. The number of carbonyl (C=O) groups excluding carboxylic acids is 1. The maximum absolute atomic E-state index is 13.1. The van der Waals surface area contributed by atoms with E-state index in [9.17, 15) is 9.18 Å². The average Bonchev–Trinajstić information content (AvgIpc) is 3.51. The minimum atomic E-state index is -0.622. The predicted octanol–water partition coefficient (Wildman–Crippen LogP) is 6.61. The van der Waals surface area contributed by atoms with E-state index in [1.165, 1.54) is 29.8 Å². The molecule has 3 nitrogen and oxygen atoms in total. The van der Waals surface area contributed by atoms with Gasteiger partial charge in [-0.15, -0.1) is 0 Å². The van der Waals surface area contributed by atoms with Crippen molar-refractivity contribution >= 4 is 39.2 Å². The fourth-order valence-corrected chi connectivity index (χ4v) is 3.65. The Kier molecular flexibility index (Phi) is 5.79. The lowest BCUT2D eigenvalue weighted by Crippen LogP contribution is -2.09. The molecule has 4 rings (SSSR count). The van der Waals surface area contributed by atoms with Crippen LogP contribution in [0, 0.1) is 11.7 Å². The molecule has 1 aliphatic rings. The SMILES string of the molecule is O=C(O/N=C(/c1ccc(Br)cc1)[C@@H]1C[C@@H]1c1ccc(Cl)cc1)c1ccc(F)cc1. The molecule has 0 bridgehead atoms. The Bertz CT molecular complexity index is 1050. The third-order valence-corrected chi connectivity index (χ3v) is 5.67. The molecule has 6 heteroatoms. The first-order chi connectivity index (χ1) is 14.0. The van der Waals surface area contributed by atoms with Gasteiger partial charge < -0.3 is 4.84 Å². The third kappa shape index (κ3) is 4.74. The fraction of sp³-hybridized carbons (Fsp3) is 0.130. The first-order valence-electron chi connectivity index (χ1n) is 9.07. The molecule has 0 saturated heterocycles. The summed E-state index contributed by atoms with van der Waals surface area (Å²) < 4.78 is 14.0. The van der Waals surface area contributed by atoms with Crippen LogP contribution in [0.25, 0.3) is 0 Å². The number of hydrogen-bond acceptors (Lipinski definition) is 3. The predicted molar refractivity (Wildman–Crippen MR) is 115 cm³/mol. The zero-order chi connectivity index (χ0) is 20.4. The molecule has 0 unspecified atom stereocenters. The van der Waals surface area contributed by atoms with Gasteiger partial charge in [-0.25, -0.2) is 9.18 Å². The largest absolute Gasteiger partial charge is 0.365 e. The maximum Gasteiger partial charge on any atom is 0.365 e. The van der Waals surface area contributed by atoms with Crippen LogP contribution in [0.3, 0.4) is 0 Å². The van der Waals surface area contributed by atoms with Crippen molar-refractivity contribution in [2.24, 2.45) is 11.1 Å². The summed E-state index contributed by atoms with van der Waals surface area (Å²) in [5.74, 6) is -0.606. The minimum absolute atomic E-state index is 0.137. The van der Waals surface area contributed by atoms with Crippen LogP contribution in [-0.4, -0.2) is 11.7 Å². The van der Waals surface area contributed by atoms with Gasteiger partial charge in [0.1, 0.15) is 5.82 Å². The molecule has 0 N–H and O–H groups in total. The van der Waals surface area contributed by atoms with Gasteiger partial charge in [0.15, 0.2) is 0 Å². The molecular formula is C23H16BrClFNO2. The highest BCUT2D eigenvalue weighted by molar-refractivity contribution is 9.10. The molecule has 0 spiro atoms. The lowest BCUT2D eigenvalue weighted by molar-refractivity contribution is 0.0515. The van der Waals surface area contributed by atoms with Crippen molar-refractivity contribution < 1.29 is 14.0 Å². The van der Waals surface area contributed by atoms with Gasteiger partial charge in [-0.2, -0.15) is 0 Å². The van der Waals surface area contributed by atoms with Crippen molar-refractivity contribution in [1.29, 1.82) is 0 Å². The topological polar surface area (TPSA) is 38.7 Å². The Morgan fingerprint density at radius 2 is 1.59 bits per heavy atom. The van der Waals surface area contributed by atoms with Crippen molar-refractivity contribution in [3.63, 3.8) is 0 Å². The second-order valence-electron chi connectivity index (χ2n) is 6.87. The van der Waals surface area contributed by atoms with Crippen LogP contribution in [0.1, 0.15) is 33.8 Å². The summed E-state index contributed by atoms with van der Waals surface area (Å²) in [7, 11) is 0. The number of rotatable bonds is 5. The molecule has 3 aromatic rings. The van der Waals surface area contributed by atoms with E-state index < -0.39 is 11.8 Å². The summed E-state index contributed by atoms with van der Waals surface area (Å²) in [5.41, 5.74) is 3.03. The Labute approximate surface area is 181 Å². The van der Waals surface area contributed by atoms with E-state index in [1.807, 2.05) is 48.5 Å². The highest BCUT2D eigenvalue weighted by atomic mass is 79.9. The second-order valence-corrected chi connectivity index (χ2v) is 8.22. The molecule has 0 aromatic heterocycles. The van der Waals surface area contributed by atoms with Crippen LogP contribution < -0.4 is 0 Å². The zero-order valence-corrected chi connectivity index (χ0v) is 17.5. The number of benzene rings is 3. The molecular weight excluding hydrogens is 457 g/mol. The number of hydrogen-bond donors (Lipinski definition) is 0. The van der Waals surface area contributed by atoms with E-state index in [2.05, 4.69) is 21.1 Å². The van der Waals surface area contributed by atoms with Crippen molar-refractivity contribution in [3.05, 3.63) is 105 Å². The quantitative estimate of drug-likeness (QED) is 0.238. The summed E-state index contributed by atoms with van der Waals surface area (Å²) in [6.45, 7) is 0. The lowest BCUT2D eigenvalue weighted by atomic mass is 10.0. The molecule has 29 heavy (non-hydrogen) atoms. The van der Waals surface area contributed by atoms with Gasteiger partial charge in [0, 0.05) is 15.4 Å². The molecule has 1 fully saturated rings. The van der Waals surface area contributed by atoms with E-state index in [1.54, 1.807) is 0 Å². The first-order valence-corrected chi connectivity index (χ1v) is 10.2. The maximum atomic E-state index is 13.1. The van der Waals surface area contributed by atoms with Crippen molar-refractivity contribution in [2.45, 2.75) is 12.3 Å². The van der Waals surface area contributed by atoms with E-state index in [4.69, 9.17) is 16.4 Å². The number of halogens is 3. The molecule has 0 amide bonds. The summed E-state index contributed by atoms with van der Waals surface area (Å²) in [6.07, 6.45) is 0.907. The van der Waals surface area contributed by atoms with Crippen LogP contribution in [0.2, 0.25) is 5.02 Å². The van der Waals surface area contributed by atoms with Crippen LogP contribution in [0.15, 0.2) is 82.4 Å². The van der Waals surface area contributed by atoms with Crippen molar-refractivity contribution in [1.82, 2.24) is 0 Å². The fourth-order valence-electron chi connectivity index (χ4n) is 3.26. The van der Waals surface area contributed by atoms with Gasteiger partial charge in [-0.3, -0.25) is 0 Å². The molecule has 0 radical (unpaired) electrons. The Hall–Kier alpha value is -2.50. The molecule has 0 aliphatic heterocycles. The lowest BCUT2D eigenvalue weighted by Gasteiger charge is -2.07. The van der Waals surface area contributed by atoms with E-state index in [0.29, 0.717) is 16.7 Å². The van der Waals surface area contributed by atoms with Gasteiger partial charge in [0.2, 0.25) is 0 Å². The van der Waals surface area contributed by atoms with E-state index >= 15 is 0 Å². The Balaban J connectivity index is 1.58. The number of oxime groups is 1. The first kappa shape index (κ1) is 19.8. The van der Waals surface area contributed by atoms with E-state index in [0.717, 1.165) is 16.5 Å². The zero-order valence-electron chi connectivity index (χ0n) is 15.2. The molecule has 0 heterocycles. The smallest absolute Gasteiger partial charge is 0.313 e. The monoisotopic (exact) mass is 471 g/mol. The van der Waals surface area contributed by atoms with Crippen LogP contribution in [-0.2, 0) is 4.84 Å². The standard InChI is InChI=1S/C23H16BrClFNO2/c24-17-7-1-15(2-8-17)22(21-13-20(21)14-3-9-18(25)10-4-14)27-29-23(28)16-5-11-19(26)12-6-16/h1-12,20-21H,13H2/b27-22-/t20-,21-/m1/s1. The summed E-state index contributed by atoms with van der Waals surface area (Å²) >= 11 is 9.42. The van der Waals surface area contributed by atoms with E-state index in [-0.39, 0.29) is 11.5 Å². The Morgan fingerprint density at radius 1 is 0.966 bits per heavy atom.